The standard InChI is InChI=1S/C11H20O/c1-10(2,3)9-4-5-11(6-9)7-12-8-11/h9H,4-8H2,1-3H3/t9-/m0/s1. The highest BCUT2D eigenvalue weighted by Crippen LogP contribution is 2.52. The second kappa shape index (κ2) is 2.47. The van der Waals surface area contributed by atoms with E-state index in [1.54, 1.807) is 0 Å². The molecule has 2 fully saturated rings. The summed E-state index contributed by atoms with van der Waals surface area (Å²) in [4.78, 5) is 0. The van der Waals surface area contributed by atoms with Crippen molar-refractivity contribution >= 4 is 0 Å². The highest BCUT2D eigenvalue weighted by atomic mass is 16.5. The zero-order valence-corrected chi connectivity index (χ0v) is 8.52. The maximum Gasteiger partial charge on any atom is 0.0544 e. The summed E-state index contributed by atoms with van der Waals surface area (Å²) in [6, 6.07) is 0. The molecule has 12 heavy (non-hydrogen) atoms. The van der Waals surface area contributed by atoms with Gasteiger partial charge in [-0.2, -0.15) is 0 Å². The van der Waals surface area contributed by atoms with Crippen molar-refractivity contribution in [1.29, 1.82) is 0 Å². The van der Waals surface area contributed by atoms with Crippen molar-refractivity contribution in [3.05, 3.63) is 0 Å². The molecule has 1 saturated carbocycles. The minimum Gasteiger partial charge on any atom is -0.380 e. The van der Waals surface area contributed by atoms with Gasteiger partial charge in [0.05, 0.1) is 13.2 Å². The molecule has 1 heterocycles. The monoisotopic (exact) mass is 168 g/mol. The van der Waals surface area contributed by atoms with E-state index in [1.807, 2.05) is 0 Å². The van der Waals surface area contributed by atoms with Gasteiger partial charge >= 0.3 is 0 Å². The average molecular weight is 168 g/mol. The first-order valence-corrected chi connectivity index (χ1v) is 5.10. The molecule has 0 bridgehead atoms. The first kappa shape index (κ1) is 8.55. The molecule has 0 radical (unpaired) electrons. The van der Waals surface area contributed by atoms with Gasteiger partial charge in [0.1, 0.15) is 0 Å². The van der Waals surface area contributed by atoms with E-state index in [4.69, 9.17) is 4.74 Å². The summed E-state index contributed by atoms with van der Waals surface area (Å²) in [6.45, 7) is 9.20. The predicted molar refractivity (Wildman–Crippen MR) is 50.0 cm³/mol. The van der Waals surface area contributed by atoms with Gasteiger partial charge in [-0.3, -0.25) is 0 Å². The third-order valence-electron chi connectivity index (χ3n) is 3.74. The Hall–Kier alpha value is -0.0400. The number of hydrogen-bond acceptors (Lipinski definition) is 1. The van der Waals surface area contributed by atoms with Crippen LogP contribution < -0.4 is 0 Å². The molecule has 0 aromatic carbocycles. The van der Waals surface area contributed by atoms with Crippen molar-refractivity contribution in [3.63, 3.8) is 0 Å². The normalized spacial score (nSPS) is 33.8. The van der Waals surface area contributed by atoms with Gasteiger partial charge in [-0.1, -0.05) is 20.8 Å². The van der Waals surface area contributed by atoms with Gasteiger partial charge in [0, 0.05) is 5.41 Å². The Kier molecular flexibility index (Phi) is 1.76. The van der Waals surface area contributed by atoms with Crippen molar-refractivity contribution in [2.24, 2.45) is 16.7 Å². The Morgan fingerprint density at radius 2 is 1.92 bits per heavy atom. The molecule has 1 nitrogen and oxygen atoms in total. The summed E-state index contributed by atoms with van der Waals surface area (Å²) in [5.74, 6) is 0.932. The third-order valence-corrected chi connectivity index (χ3v) is 3.74. The molecule has 0 aromatic heterocycles. The van der Waals surface area contributed by atoms with Crippen LogP contribution in [-0.2, 0) is 4.74 Å². The maximum absolute atomic E-state index is 5.32. The van der Waals surface area contributed by atoms with Crippen LogP contribution in [0.3, 0.4) is 0 Å². The zero-order valence-electron chi connectivity index (χ0n) is 8.52. The molecular weight excluding hydrogens is 148 g/mol. The third kappa shape index (κ3) is 1.28. The van der Waals surface area contributed by atoms with Crippen LogP contribution in [0.1, 0.15) is 40.0 Å². The van der Waals surface area contributed by atoms with E-state index >= 15 is 0 Å². The van der Waals surface area contributed by atoms with Crippen LogP contribution in [0, 0.1) is 16.7 Å². The molecule has 0 amide bonds. The van der Waals surface area contributed by atoms with Gasteiger partial charge < -0.3 is 4.74 Å². The minimum absolute atomic E-state index is 0.513. The van der Waals surface area contributed by atoms with Crippen LogP contribution in [0.25, 0.3) is 0 Å². The van der Waals surface area contributed by atoms with Crippen LogP contribution in [0.2, 0.25) is 0 Å². The van der Waals surface area contributed by atoms with Crippen molar-refractivity contribution in [2.75, 3.05) is 13.2 Å². The lowest BCUT2D eigenvalue weighted by atomic mass is 9.76. The van der Waals surface area contributed by atoms with E-state index in [-0.39, 0.29) is 0 Å². The van der Waals surface area contributed by atoms with E-state index < -0.39 is 0 Å². The van der Waals surface area contributed by atoms with Crippen LogP contribution in [0.5, 0.6) is 0 Å². The lowest BCUT2D eigenvalue weighted by Gasteiger charge is -2.39. The number of rotatable bonds is 0. The molecule has 1 spiro atoms. The van der Waals surface area contributed by atoms with Crippen molar-refractivity contribution < 1.29 is 4.74 Å². The van der Waals surface area contributed by atoms with Crippen molar-refractivity contribution in [1.82, 2.24) is 0 Å². The van der Waals surface area contributed by atoms with E-state index in [2.05, 4.69) is 20.8 Å². The molecule has 2 rings (SSSR count). The molecule has 0 unspecified atom stereocenters. The summed E-state index contributed by atoms with van der Waals surface area (Å²) < 4.78 is 5.32. The summed E-state index contributed by atoms with van der Waals surface area (Å²) in [7, 11) is 0. The molecule has 1 atom stereocenters. The highest BCUT2D eigenvalue weighted by molar-refractivity contribution is 4.96. The topological polar surface area (TPSA) is 9.23 Å². The number of ether oxygens (including phenoxy) is 1. The quantitative estimate of drug-likeness (QED) is 0.540. The summed E-state index contributed by atoms with van der Waals surface area (Å²) in [6.07, 6.45) is 4.25. The molecule has 1 saturated heterocycles. The largest absolute Gasteiger partial charge is 0.380 e. The first-order chi connectivity index (χ1) is 5.52. The second-order valence-electron chi connectivity index (χ2n) is 5.80. The molecule has 1 heteroatoms. The number of hydrogen-bond donors (Lipinski definition) is 0. The van der Waals surface area contributed by atoms with E-state index in [1.165, 1.54) is 19.3 Å². The second-order valence-corrected chi connectivity index (χ2v) is 5.80. The summed E-state index contributed by atoms with van der Waals surface area (Å²) in [5, 5.41) is 0. The lowest BCUT2D eigenvalue weighted by molar-refractivity contribution is -0.112. The fraction of sp³-hybridized carbons (Fsp3) is 1.00. The smallest absolute Gasteiger partial charge is 0.0544 e. The van der Waals surface area contributed by atoms with Crippen LogP contribution >= 0.6 is 0 Å². The van der Waals surface area contributed by atoms with Crippen molar-refractivity contribution in [3.8, 4) is 0 Å². The molecule has 70 valence electrons. The SMILES string of the molecule is CC(C)(C)[C@H]1CCC2(COC2)C1. The van der Waals surface area contributed by atoms with Crippen LogP contribution in [0.4, 0.5) is 0 Å². The zero-order chi connectivity index (χ0) is 8.82. The Morgan fingerprint density at radius 3 is 2.17 bits per heavy atom. The lowest BCUT2D eigenvalue weighted by Crippen LogP contribution is -2.40. The Morgan fingerprint density at radius 1 is 1.25 bits per heavy atom. The van der Waals surface area contributed by atoms with Gasteiger partial charge in [-0.05, 0) is 30.6 Å². The molecule has 2 aliphatic rings. The van der Waals surface area contributed by atoms with Gasteiger partial charge in [0.2, 0.25) is 0 Å². The minimum atomic E-state index is 0.513. The van der Waals surface area contributed by atoms with Crippen molar-refractivity contribution in [2.45, 2.75) is 40.0 Å². The molecule has 1 aliphatic carbocycles. The van der Waals surface area contributed by atoms with Gasteiger partial charge in [-0.25, -0.2) is 0 Å². The fourth-order valence-electron chi connectivity index (χ4n) is 2.60. The average Bonchev–Trinajstić information content (AvgIpc) is 2.26. The molecule has 0 aromatic rings. The van der Waals surface area contributed by atoms with Gasteiger partial charge in [0.15, 0.2) is 0 Å². The van der Waals surface area contributed by atoms with E-state index in [0.29, 0.717) is 10.8 Å². The molecule has 0 N–H and O–H groups in total. The van der Waals surface area contributed by atoms with Crippen LogP contribution in [0.15, 0.2) is 0 Å². The summed E-state index contributed by atoms with van der Waals surface area (Å²) in [5.41, 5.74) is 1.14. The molecular formula is C11H20O. The molecule has 1 aliphatic heterocycles. The summed E-state index contributed by atoms with van der Waals surface area (Å²) >= 11 is 0. The van der Waals surface area contributed by atoms with E-state index in [0.717, 1.165) is 19.1 Å². The highest BCUT2D eigenvalue weighted by Gasteiger charge is 2.47. The fourth-order valence-corrected chi connectivity index (χ4v) is 2.60. The Bertz CT molecular complexity index is 174. The first-order valence-electron chi connectivity index (χ1n) is 5.10. The predicted octanol–water partition coefficient (Wildman–Crippen LogP) is 2.85. The van der Waals surface area contributed by atoms with E-state index in [9.17, 15) is 0 Å². The Balaban J connectivity index is 1.98. The van der Waals surface area contributed by atoms with Crippen LogP contribution in [-0.4, -0.2) is 13.2 Å². The van der Waals surface area contributed by atoms with Gasteiger partial charge in [-0.15, -0.1) is 0 Å². The maximum atomic E-state index is 5.32. The van der Waals surface area contributed by atoms with Gasteiger partial charge in [0.25, 0.3) is 0 Å². The Labute approximate surface area is 75.5 Å².